The summed E-state index contributed by atoms with van der Waals surface area (Å²) in [7, 11) is 0. The van der Waals surface area contributed by atoms with Crippen LogP contribution in [0.25, 0.3) is 0 Å². The molecule has 2 rings (SSSR count). The fourth-order valence-corrected chi connectivity index (χ4v) is 3.17. The Bertz CT molecular complexity index is 505. The van der Waals surface area contributed by atoms with Crippen molar-refractivity contribution >= 4 is 29.9 Å². The molecule has 6 heteroatoms. The minimum Gasteiger partial charge on any atom is -0.396 e. The van der Waals surface area contributed by atoms with E-state index in [1.807, 2.05) is 37.3 Å². The Labute approximate surface area is 168 Å². The van der Waals surface area contributed by atoms with Crippen LogP contribution in [-0.2, 0) is 0 Å². The predicted octanol–water partition coefficient (Wildman–Crippen LogP) is 2.63. The van der Waals surface area contributed by atoms with Gasteiger partial charge in [0.2, 0.25) is 0 Å². The smallest absolute Gasteiger partial charge is 0.191 e. The van der Waals surface area contributed by atoms with E-state index in [0.717, 1.165) is 37.8 Å². The topological polar surface area (TPSA) is 76.9 Å². The van der Waals surface area contributed by atoms with E-state index >= 15 is 0 Å². The average molecular weight is 461 g/mol. The Morgan fingerprint density at radius 3 is 2.44 bits per heavy atom. The van der Waals surface area contributed by atoms with Gasteiger partial charge in [-0.15, -0.1) is 24.0 Å². The number of benzene rings is 1. The number of hydrogen-bond donors (Lipinski definition) is 4. The predicted molar refractivity (Wildman–Crippen MR) is 114 cm³/mol. The second-order valence-corrected chi connectivity index (χ2v) is 6.65. The maximum Gasteiger partial charge on any atom is 0.191 e. The van der Waals surface area contributed by atoms with Crippen molar-refractivity contribution in [1.82, 2.24) is 10.6 Å². The van der Waals surface area contributed by atoms with E-state index in [1.165, 1.54) is 6.42 Å². The van der Waals surface area contributed by atoms with Crippen LogP contribution in [0, 0.1) is 0 Å². The molecule has 1 aliphatic rings. The minimum atomic E-state index is -0.656. The molecular weight excluding hydrogens is 429 g/mol. The van der Waals surface area contributed by atoms with Crippen molar-refractivity contribution in [2.75, 3.05) is 26.2 Å². The largest absolute Gasteiger partial charge is 0.396 e. The maximum atomic E-state index is 10.6. The summed E-state index contributed by atoms with van der Waals surface area (Å²) in [6, 6.07) is 9.99. The van der Waals surface area contributed by atoms with E-state index in [2.05, 4.69) is 15.6 Å². The first kappa shape index (κ1) is 22.2. The molecule has 1 aromatic rings. The van der Waals surface area contributed by atoms with Crippen molar-refractivity contribution < 1.29 is 10.2 Å². The number of nitrogens with one attached hydrogen (secondary N) is 2. The first-order chi connectivity index (χ1) is 11.7. The number of rotatable bonds is 7. The van der Waals surface area contributed by atoms with Crippen molar-refractivity contribution in [3.8, 4) is 0 Å². The highest BCUT2D eigenvalue weighted by atomic mass is 127. The SMILES string of the molecule is CCNC(=NCC1(O)CCCCC1)NCC(CO)c1ccccc1.I. The summed E-state index contributed by atoms with van der Waals surface area (Å²) in [5, 5.41) is 26.8. The van der Waals surface area contributed by atoms with Crippen molar-refractivity contribution in [2.45, 2.75) is 50.5 Å². The number of aliphatic hydroxyl groups excluding tert-OH is 1. The van der Waals surface area contributed by atoms with Gasteiger partial charge in [-0.05, 0) is 25.3 Å². The summed E-state index contributed by atoms with van der Waals surface area (Å²) in [6.45, 7) is 3.90. The van der Waals surface area contributed by atoms with Gasteiger partial charge < -0.3 is 20.8 Å². The molecular formula is C19H32IN3O2. The number of aliphatic imine (C=N–C) groups is 1. The van der Waals surface area contributed by atoms with Gasteiger partial charge in [0.25, 0.3) is 0 Å². The lowest BCUT2D eigenvalue weighted by Crippen LogP contribution is -2.42. The molecule has 0 aliphatic heterocycles. The molecule has 1 unspecified atom stereocenters. The lowest BCUT2D eigenvalue weighted by atomic mass is 9.85. The molecule has 142 valence electrons. The highest BCUT2D eigenvalue weighted by Gasteiger charge is 2.28. The molecule has 25 heavy (non-hydrogen) atoms. The van der Waals surface area contributed by atoms with E-state index < -0.39 is 5.60 Å². The van der Waals surface area contributed by atoms with Crippen LogP contribution in [0.2, 0.25) is 0 Å². The van der Waals surface area contributed by atoms with E-state index in [-0.39, 0.29) is 36.5 Å². The summed E-state index contributed by atoms with van der Waals surface area (Å²) in [4.78, 5) is 4.57. The highest BCUT2D eigenvalue weighted by molar-refractivity contribution is 14.0. The molecule has 5 nitrogen and oxygen atoms in total. The third-order valence-corrected chi connectivity index (χ3v) is 4.67. The molecule has 0 spiro atoms. The van der Waals surface area contributed by atoms with E-state index in [1.54, 1.807) is 0 Å². The zero-order chi connectivity index (χ0) is 17.3. The van der Waals surface area contributed by atoms with Crippen LogP contribution >= 0.6 is 24.0 Å². The number of guanidine groups is 1. The molecule has 0 bridgehead atoms. The minimum absolute atomic E-state index is 0. The summed E-state index contributed by atoms with van der Waals surface area (Å²) in [5.41, 5.74) is 0.449. The van der Waals surface area contributed by atoms with Crippen molar-refractivity contribution in [2.24, 2.45) is 4.99 Å². The Kier molecular flexibility index (Phi) is 10.4. The van der Waals surface area contributed by atoms with Crippen LogP contribution in [0.4, 0.5) is 0 Å². The molecule has 1 atom stereocenters. The first-order valence-corrected chi connectivity index (χ1v) is 9.07. The number of aliphatic hydroxyl groups is 2. The molecule has 0 heterocycles. The average Bonchev–Trinajstić information content (AvgIpc) is 2.61. The summed E-state index contributed by atoms with van der Waals surface area (Å²) < 4.78 is 0. The van der Waals surface area contributed by atoms with Gasteiger partial charge in [-0.25, -0.2) is 0 Å². The lowest BCUT2D eigenvalue weighted by molar-refractivity contribution is 0.0131. The second-order valence-electron chi connectivity index (χ2n) is 6.65. The first-order valence-electron chi connectivity index (χ1n) is 9.07. The van der Waals surface area contributed by atoms with Gasteiger partial charge in [-0.1, -0.05) is 49.6 Å². The van der Waals surface area contributed by atoms with Gasteiger partial charge in [-0.3, -0.25) is 4.99 Å². The molecule has 0 radical (unpaired) electrons. The lowest BCUT2D eigenvalue weighted by Gasteiger charge is -2.30. The van der Waals surface area contributed by atoms with Gasteiger partial charge in [0, 0.05) is 19.0 Å². The number of hydrogen-bond acceptors (Lipinski definition) is 3. The fraction of sp³-hybridized carbons (Fsp3) is 0.632. The van der Waals surface area contributed by atoms with Gasteiger partial charge in [0.1, 0.15) is 0 Å². The van der Waals surface area contributed by atoms with E-state index in [4.69, 9.17) is 0 Å². The van der Waals surface area contributed by atoms with Crippen LogP contribution in [0.1, 0.15) is 50.5 Å². The maximum absolute atomic E-state index is 10.6. The molecule has 1 aromatic carbocycles. The Balaban J connectivity index is 0.00000312. The van der Waals surface area contributed by atoms with Crippen molar-refractivity contribution in [3.05, 3.63) is 35.9 Å². The van der Waals surface area contributed by atoms with Gasteiger partial charge in [0.15, 0.2) is 5.96 Å². The third-order valence-electron chi connectivity index (χ3n) is 4.67. The van der Waals surface area contributed by atoms with Crippen LogP contribution in [-0.4, -0.2) is 48.0 Å². The molecule has 0 aromatic heterocycles. The van der Waals surface area contributed by atoms with Crippen LogP contribution in [0.3, 0.4) is 0 Å². The molecule has 1 fully saturated rings. The molecule has 1 saturated carbocycles. The number of halogens is 1. The van der Waals surface area contributed by atoms with Crippen LogP contribution in [0.15, 0.2) is 35.3 Å². The monoisotopic (exact) mass is 461 g/mol. The van der Waals surface area contributed by atoms with Crippen molar-refractivity contribution in [3.63, 3.8) is 0 Å². The Morgan fingerprint density at radius 2 is 1.84 bits per heavy atom. The van der Waals surface area contributed by atoms with Crippen LogP contribution < -0.4 is 10.6 Å². The van der Waals surface area contributed by atoms with E-state index in [0.29, 0.717) is 19.0 Å². The highest BCUT2D eigenvalue weighted by Crippen LogP contribution is 2.28. The van der Waals surface area contributed by atoms with Gasteiger partial charge in [0.05, 0.1) is 18.8 Å². The molecule has 1 aliphatic carbocycles. The summed E-state index contributed by atoms with van der Waals surface area (Å²) in [6.07, 6.45) is 5.03. The third kappa shape index (κ3) is 7.50. The summed E-state index contributed by atoms with van der Waals surface area (Å²) >= 11 is 0. The normalized spacial score (nSPS) is 18.1. The molecule has 0 saturated heterocycles. The van der Waals surface area contributed by atoms with Crippen LogP contribution in [0.5, 0.6) is 0 Å². The second kappa shape index (κ2) is 11.7. The standard InChI is InChI=1S/C19H31N3O2.HI/c1-2-20-18(22-15-19(24)11-7-4-8-12-19)21-13-17(14-23)16-9-5-3-6-10-16;/h3,5-6,9-10,17,23-24H,2,4,7-8,11-15H2,1H3,(H2,20,21,22);1H. The Morgan fingerprint density at radius 1 is 1.16 bits per heavy atom. The number of nitrogens with zero attached hydrogens (tertiary/aromatic N) is 1. The van der Waals surface area contributed by atoms with Gasteiger partial charge >= 0.3 is 0 Å². The van der Waals surface area contributed by atoms with Crippen molar-refractivity contribution in [1.29, 1.82) is 0 Å². The zero-order valence-electron chi connectivity index (χ0n) is 15.1. The van der Waals surface area contributed by atoms with Gasteiger partial charge in [-0.2, -0.15) is 0 Å². The fourth-order valence-electron chi connectivity index (χ4n) is 3.17. The zero-order valence-corrected chi connectivity index (χ0v) is 17.4. The quantitative estimate of drug-likeness (QED) is 0.286. The molecule has 0 amide bonds. The Hall–Kier alpha value is -0.860. The van der Waals surface area contributed by atoms with E-state index in [9.17, 15) is 10.2 Å². The summed E-state index contributed by atoms with van der Waals surface area (Å²) in [5.74, 6) is 0.721. The molecule has 4 N–H and O–H groups in total.